The Morgan fingerprint density at radius 1 is 1.19 bits per heavy atom. The van der Waals surface area contributed by atoms with Gasteiger partial charge in [0.15, 0.2) is 11.5 Å². The zero-order valence-corrected chi connectivity index (χ0v) is 22.3. The van der Waals surface area contributed by atoms with E-state index >= 15 is 0 Å². The molecule has 4 rings (SSSR count). The highest BCUT2D eigenvalue weighted by molar-refractivity contribution is 7.89. The van der Waals surface area contributed by atoms with E-state index in [-0.39, 0.29) is 31.5 Å². The van der Waals surface area contributed by atoms with Gasteiger partial charge >= 0.3 is 5.97 Å². The Labute approximate surface area is 218 Å². The molecule has 37 heavy (non-hydrogen) atoms. The topological polar surface area (TPSA) is 126 Å². The summed E-state index contributed by atoms with van der Waals surface area (Å²) in [5, 5.41) is 11.7. The molecule has 12 heteroatoms. The minimum absolute atomic E-state index is 0.00797. The molecule has 3 atom stereocenters. The van der Waals surface area contributed by atoms with Gasteiger partial charge in [-0.2, -0.15) is 0 Å². The fourth-order valence-corrected chi connectivity index (χ4v) is 7.01. The van der Waals surface area contributed by atoms with Crippen molar-refractivity contribution in [2.24, 2.45) is 5.92 Å². The molecule has 0 aliphatic carbocycles. The Morgan fingerprint density at radius 2 is 1.97 bits per heavy atom. The van der Waals surface area contributed by atoms with Crippen molar-refractivity contribution in [1.82, 2.24) is 14.3 Å². The maximum absolute atomic E-state index is 13.2. The summed E-state index contributed by atoms with van der Waals surface area (Å²) in [7, 11) is -3.32. The molecule has 11 nitrogen and oxygen atoms in total. The molecule has 0 saturated carbocycles. The Balaban J connectivity index is 1.59. The van der Waals surface area contributed by atoms with E-state index in [4.69, 9.17) is 14.3 Å². The van der Waals surface area contributed by atoms with Gasteiger partial charge in [-0.1, -0.05) is 19.9 Å². The molecule has 206 valence electrons. The summed E-state index contributed by atoms with van der Waals surface area (Å²) in [5.74, 6) is -1.14. The third-order valence-corrected chi connectivity index (χ3v) is 9.19. The SMILES string of the molecule is CCCON(CCC)C(=O)CN1C[C@H](c2ccc3c(c2)OCO3)[C@@H](C(=O)O)[C@@H]1CCN1CCCS1(=O)=O. The number of carboxylic acids is 1. The van der Waals surface area contributed by atoms with Gasteiger partial charge in [0, 0.05) is 38.1 Å². The lowest BCUT2D eigenvalue weighted by molar-refractivity contribution is -0.188. The number of carbonyl (C=O) groups is 2. The minimum atomic E-state index is -3.32. The number of aliphatic carboxylic acids is 1. The number of hydrogen-bond acceptors (Lipinski definition) is 8. The first-order chi connectivity index (χ1) is 17.7. The molecule has 1 aromatic carbocycles. The number of carboxylic acid groups (broad SMARTS) is 1. The van der Waals surface area contributed by atoms with Crippen LogP contribution in [0.4, 0.5) is 0 Å². The average molecular weight is 540 g/mol. The van der Waals surface area contributed by atoms with Crippen LogP contribution in [0.15, 0.2) is 18.2 Å². The predicted molar refractivity (Wildman–Crippen MR) is 135 cm³/mol. The molecule has 2 fully saturated rings. The second-order valence-corrected chi connectivity index (χ2v) is 11.9. The normalized spacial score (nSPS) is 25.0. The molecular formula is C25H37N3O8S. The summed E-state index contributed by atoms with van der Waals surface area (Å²) >= 11 is 0. The van der Waals surface area contributed by atoms with E-state index in [2.05, 4.69) is 0 Å². The van der Waals surface area contributed by atoms with E-state index < -0.39 is 33.9 Å². The average Bonchev–Trinajstić information content (AvgIpc) is 3.56. The van der Waals surface area contributed by atoms with Crippen LogP contribution < -0.4 is 9.47 Å². The van der Waals surface area contributed by atoms with E-state index in [0.29, 0.717) is 50.6 Å². The van der Waals surface area contributed by atoms with Crippen molar-refractivity contribution in [3.8, 4) is 11.5 Å². The van der Waals surface area contributed by atoms with E-state index in [0.717, 1.165) is 18.4 Å². The number of rotatable bonds is 12. The van der Waals surface area contributed by atoms with Crippen molar-refractivity contribution in [3.63, 3.8) is 0 Å². The van der Waals surface area contributed by atoms with Gasteiger partial charge in [-0.25, -0.2) is 17.8 Å². The fraction of sp³-hybridized carbons (Fsp3) is 0.680. The van der Waals surface area contributed by atoms with E-state index in [1.54, 1.807) is 6.07 Å². The number of likely N-dealkylation sites (tertiary alicyclic amines) is 1. The first-order valence-electron chi connectivity index (χ1n) is 13.0. The highest BCUT2D eigenvalue weighted by Crippen LogP contribution is 2.43. The molecule has 2 saturated heterocycles. The summed E-state index contributed by atoms with van der Waals surface area (Å²) in [6, 6.07) is 4.90. The summed E-state index contributed by atoms with van der Waals surface area (Å²) in [4.78, 5) is 33.4. The fourth-order valence-electron chi connectivity index (χ4n) is 5.47. The van der Waals surface area contributed by atoms with Crippen molar-refractivity contribution in [2.75, 3.05) is 51.9 Å². The number of amides is 1. The van der Waals surface area contributed by atoms with Crippen molar-refractivity contribution in [2.45, 2.75) is 51.5 Å². The van der Waals surface area contributed by atoms with Crippen molar-refractivity contribution >= 4 is 21.9 Å². The van der Waals surface area contributed by atoms with E-state index in [9.17, 15) is 23.1 Å². The lowest BCUT2D eigenvalue weighted by atomic mass is 9.84. The number of carbonyl (C=O) groups excluding carboxylic acids is 1. The van der Waals surface area contributed by atoms with Gasteiger partial charge in [0.1, 0.15) is 0 Å². The molecule has 0 bridgehead atoms. The molecule has 0 aromatic heterocycles. The molecule has 0 radical (unpaired) electrons. The van der Waals surface area contributed by atoms with Gasteiger partial charge in [0.05, 0.1) is 24.8 Å². The van der Waals surface area contributed by atoms with Crippen LogP contribution in [0, 0.1) is 5.92 Å². The maximum Gasteiger partial charge on any atom is 0.308 e. The summed E-state index contributed by atoms with van der Waals surface area (Å²) < 4.78 is 37.1. The van der Waals surface area contributed by atoms with Gasteiger partial charge < -0.3 is 14.6 Å². The number of hydroxylamine groups is 2. The highest BCUT2D eigenvalue weighted by Gasteiger charge is 2.48. The number of hydrogen-bond donors (Lipinski definition) is 1. The molecule has 3 aliphatic heterocycles. The van der Waals surface area contributed by atoms with E-state index in [1.165, 1.54) is 9.37 Å². The van der Waals surface area contributed by atoms with Crippen LogP contribution >= 0.6 is 0 Å². The van der Waals surface area contributed by atoms with Crippen molar-refractivity contribution < 1.29 is 37.4 Å². The Morgan fingerprint density at radius 3 is 2.65 bits per heavy atom. The van der Waals surface area contributed by atoms with Crippen LogP contribution in [-0.2, 0) is 24.4 Å². The first-order valence-corrected chi connectivity index (χ1v) is 14.6. The molecule has 0 spiro atoms. The maximum atomic E-state index is 13.2. The van der Waals surface area contributed by atoms with Gasteiger partial charge in [-0.15, -0.1) is 0 Å². The Hall–Kier alpha value is -2.41. The van der Waals surface area contributed by atoms with Crippen LogP contribution in [0.25, 0.3) is 0 Å². The predicted octanol–water partition coefficient (Wildman–Crippen LogP) is 1.89. The first kappa shape index (κ1) is 27.6. The zero-order chi connectivity index (χ0) is 26.6. The zero-order valence-electron chi connectivity index (χ0n) is 21.5. The minimum Gasteiger partial charge on any atom is -0.481 e. The molecule has 1 aromatic rings. The monoisotopic (exact) mass is 539 g/mol. The lowest BCUT2D eigenvalue weighted by Gasteiger charge is -2.30. The number of fused-ring (bicyclic) bond motifs is 1. The van der Waals surface area contributed by atoms with Crippen molar-refractivity contribution in [1.29, 1.82) is 0 Å². The van der Waals surface area contributed by atoms with Crippen LogP contribution in [0.5, 0.6) is 11.5 Å². The smallest absolute Gasteiger partial charge is 0.308 e. The van der Waals surface area contributed by atoms with E-state index in [1.807, 2.05) is 30.9 Å². The molecular weight excluding hydrogens is 502 g/mol. The number of benzene rings is 1. The summed E-state index contributed by atoms with van der Waals surface area (Å²) in [6.45, 7) is 5.89. The number of nitrogens with zero attached hydrogens (tertiary/aromatic N) is 3. The largest absolute Gasteiger partial charge is 0.481 e. The Bertz CT molecular complexity index is 1080. The summed E-state index contributed by atoms with van der Waals surface area (Å²) in [5.41, 5.74) is 0.790. The van der Waals surface area contributed by atoms with Crippen LogP contribution in [0.2, 0.25) is 0 Å². The second kappa shape index (κ2) is 12.0. The lowest BCUT2D eigenvalue weighted by Crippen LogP contribution is -2.45. The molecule has 0 unspecified atom stereocenters. The quantitative estimate of drug-likeness (QED) is 0.396. The third kappa shape index (κ3) is 6.19. The molecule has 3 heterocycles. The van der Waals surface area contributed by atoms with Gasteiger partial charge in [-0.05, 0) is 43.4 Å². The molecule has 1 N–H and O–H groups in total. The Kier molecular flexibility index (Phi) is 8.94. The number of ether oxygens (including phenoxy) is 2. The van der Waals surface area contributed by atoms with Gasteiger partial charge in [0.2, 0.25) is 16.8 Å². The van der Waals surface area contributed by atoms with Crippen LogP contribution in [0.1, 0.15) is 51.0 Å². The third-order valence-electron chi connectivity index (χ3n) is 7.23. The van der Waals surface area contributed by atoms with Crippen LogP contribution in [-0.4, -0.2) is 97.6 Å². The van der Waals surface area contributed by atoms with Crippen LogP contribution in [0.3, 0.4) is 0 Å². The molecule has 1 amide bonds. The van der Waals surface area contributed by atoms with Gasteiger partial charge in [-0.3, -0.25) is 19.3 Å². The highest BCUT2D eigenvalue weighted by atomic mass is 32.2. The second-order valence-electron chi connectivity index (χ2n) is 9.77. The summed E-state index contributed by atoms with van der Waals surface area (Å²) in [6.07, 6.45) is 2.37. The van der Waals surface area contributed by atoms with Gasteiger partial charge in [0.25, 0.3) is 5.91 Å². The standard InChI is InChI=1S/C25H37N3O8S/c1-3-9-28(36-12-4-2)23(29)16-26-15-19(18-6-7-21-22(14-18)35-17-34-21)24(25(30)31)20(26)8-11-27-10-5-13-37(27,32)33/h6-7,14,19-20,24H,3-5,8-13,15-17H2,1-2H3,(H,30,31)/t19-,20+,24-/m1/s1. The molecule has 3 aliphatic rings. The van der Waals surface area contributed by atoms with Crippen molar-refractivity contribution in [3.05, 3.63) is 23.8 Å². The number of sulfonamides is 1.